The molecule has 0 aromatic carbocycles. The molecule has 0 aliphatic rings. The fourth-order valence-corrected chi connectivity index (χ4v) is 7.88. The highest BCUT2D eigenvalue weighted by atomic mass is 31.2. The van der Waals surface area contributed by atoms with Gasteiger partial charge in [0.25, 0.3) is 0 Å². The molecule has 9 nitrogen and oxygen atoms in total. The van der Waals surface area contributed by atoms with Gasteiger partial charge in [-0.25, -0.2) is 4.57 Å². The van der Waals surface area contributed by atoms with Crippen LogP contribution in [0.1, 0.15) is 206 Å². The number of unbranched alkanes of at least 4 members (excludes halogenated alkanes) is 14. The van der Waals surface area contributed by atoms with Crippen LogP contribution in [-0.4, -0.2) is 49.3 Å². The first-order valence-corrected chi connectivity index (χ1v) is 29.8. The van der Waals surface area contributed by atoms with E-state index < -0.39 is 32.5 Å². The van der Waals surface area contributed by atoms with E-state index >= 15 is 0 Å². The van der Waals surface area contributed by atoms with Crippen LogP contribution >= 0.6 is 7.82 Å². The minimum absolute atomic E-state index is 0.0410. The number of hydrogen-bond donors (Lipinski definition) is 2. The second-order valence-electron chi connectivity index (χ2n) is 18.0. The molecule has 0 radical (unpaired) electrons. The van der Waals surface area contributed by atoms with Crippen LogP contribution in [0, 0.1) is 0 Å². The maximum Gasteiger partial charge on any atom is 0.472 e. The minimum atomic E-state index is -4.41. The Morgan fingerprint density at radius 1 is 0.411 bits per heavy atom. The summed E-state index contributed by atoms with van der Waals surface area (Å²) < 4.78 is 33.0. The second-order valence-corrected chi connectivity index (χ2v) is 19.5. The van der Waals surface area contributed by atoms with Gasteiger partial charge in [-0.3, -0.25) is 18.6 Å². The first kappa shape index (κ1) is 68.9. The lowest BCUT2D eigenvalue weighted by Crippen LogP contribution is -2.29. The Kier molecular flexibility index (Phi) is 54.0. The Bertz CT molecular complexity index is 1700. The third-order valence-corrected chi connectivity index (χ3v) is 12.2. The SMILES string of the molecule is CC/C=C\C/C=C\C/C=C\C/C=C\C/C=C\C/C=C\C/C=C\C/C=C\CCCCCCCCC(=O)OC(COC(=O)CCCCCCCCCC/C=C\C/C=C\C/C=C\C/C=C\CC)COP(=O)(O)OCCN. The van der Waals surface area contributed by atoms with E-state index in [9.17, 15) is 19.0 Å². The minimum Gasteiger partial charge on any atom is -0.462 e. The van der Waals surface area contributed by atoms with E-state index in [0.717, 1.165) is 141 Å². The number of phosphoric acid groups is 1. The Morgan fingerprint density at radius 2 is 0.712 bits per heavy atom. The fraction of sp³-hybridized carbons (Fsp3) is 0.587. The van der Waals surface area contributed by atoms with Gasteiger partial charge in [-0.2, -0.15) is 0 Å². The normalized spacial score (nSPS) is 14.2. The molecular weight excluding hydrogens is 930 g/mol. The van der Waals surface area contributed by atoms with Crippen LogP contribution in [0.2, 0.25) is 0 Å². The van der Waals surface area contributed by atoms with Crippen molar-refractivity contribution in [3.8, 4) is 0 Å². The van der Waals surface area contributed by atoms with E-state index in [4.69, 9.17) is 24.3 Å². The largest absolute Gasteiger partial charge is 0.472 e. The van der Waals surface area contributed by atoms with Crippen molar-refractivity contribution in [2.75, 3.05) is 26.4 Å². The molecule has 10 heteroatoms. The molecule has 0 aliphatic heterocycles. The van der Waals surface area contributed by atoms with Crippen LogP contribution in [0.4, 0.5) is 0 Å². The van der Waals surface area contributed by atoms with E-state index in [1.54, 1.807) is 0 Å². The maximum atomic E-state index is 12.7. The molecule has 2 atom stereocenters. The van der Waals surface area contributed by atoms with Crippen molar-refractivity contribution < 1.29 is 37.6 Å². The fourth-order valence-electron chi connectivity index (χ4n) is 7.11. The van der Waals surface area contributed by atoms with Gasteiger partial charge in [0.2, 0.25) is 0 Å². The third-order valence-electron chi connectivity index (χ3n) is 11.2. The van der Waals surface area contributed by atoms with Crippen molar-refractivity contribution in [3.63, 3.8) is 0 Å². The number of allylic oxidation sites excluding steroid dienone is 24. The van der Waals surface area contributed by atoms with E-state index in [1.165, 1.54) is 25.7 Å². The highest BCUT2D eigenvalue weighted by molar-refractivity contribution is 7.47. The number of nitrogens with two attached hydrogens (primary N) is 1. The van der Waals surface area contributed by atoms with Crippen molar-refractivity contribution in [3.05, 3.63) is 146 Å². The van der Waals surface area contributed by atoms with E-state index in [1.807, 2.05) is 0 Å². The van der Waals surface area contributed by atoms with Crippen molar-refractivity contribution in [2.45, 2.75) is 213 Å². The molecule has 0 bridgehead atoms. The predicted molar refractivity (Wildman–Crippen MR) is 311 cm³/mol. The van der Waals surface area contributed by atoms with E-state index in [2.05, 4.69) is 160 Å². The molecule has 3 N–H and O–H groups in total. The number of carbonyl (C=O) groups is 2. The maximum absolute atomic E-state index is 12.7. The van der Waals surface area contributed by atoms with Gasteiger partial charge in [-0.1, -0.05) is 224 Å². The molecule has 0 fully saturated rings. The summed E-state index contributed by atoms with van der Waals surface area (Å²) in [5, 5.41) is 0. The molecule has 2 unspecified atom stereocenters. The zero-order chi connectivity index (χ0) is 53.1. The second kappa shape index (κ2) is 57.2. The number of hydrogen-bond acceptors (Lipinski definition) is 8. The molecule has 0 heterocycles. The zero-order valence-electron chi connectivity index (χ0n) is 45.8. The zero-order valence-corrected chi connectivity index (χ0v) is 46.7. The molecule has 0 aromatic heterocycles. The van der Waals surface area contributed by atoms with Gasteiger partial charge in [0.05, 0.1) is 13.2 Å². The number of esters is 2. The van der Waals surface area contributed by atoms with Crippen molar-refractivity contribution in [1.29, 1.82) is 0 Å². The molecule has 0 saturated carbocycles. The summed E-state index contributed by atoms with van der Waals surface area (Å²) in [6, 6.07) is 0. The first-order chi connectivity index (χ1) is 35.8. The average molecular weight is 1030 g/mol. The van der Waals surface area contributed by atoms with Gasteiger partial charge < -0.3 is 20.1 Å². The average Bonchev–Trinajstić information content (AvgIpc) is 3.38. The summed E-state index contributed by atoms with van der Waals surface area (Å²) in [6.45, 7) is 3.47. The van der Waals surface area contributed by atoms with Crippen LogP contribution in [-0.2, 0) is 32.7 Å². The third kappa shape index (κ3) is 57.0. The number of phosphoric ester groups is 1. The van der Waals surface area contributed by atoms with Gasteiger partial charge in [0.1, 0.15) is 6.61 Å². The summed E-state index contributed by atoms with van der Waals surface area (Å²) in [7, 11) is -4.41. The highest BCUT2D eigenvalue weighted by Crippen LogP contribution is 2.43. The molecule has 73 heavy (non-hydrogen) atoms. The topological polar surface area (TPSA) is 134 Å². The lowest BCUT2D eigenvalue weighted by Gasteiger charge is -2.19. The highest BCUT2D eigenvalue weighted by Gasteiger charge is 2.26. The molecular formula is C63H102NO8P. The number of carbonyl (C=O) groups excluding carboxylic acids is 2. The lowest BCUT2D eigenvalue weighted by atomic mass is 10.1. The van der Waals surface area contributed by atoms with Crippen molar-refractivity contribution in [2.24, 2.45) is 5.73 Å². The van der Waals surface area contributed by atoms with Crippen molar-refractivity contribution >= 4 is 19.8 Å². The van der Waals surface area contributed by atoms with Gasteiger partial charge in [-0.15, -0.1) is 0 Å². The Balaban J connectivity index is 4.10. The molecule has 412 valence electrons. The summed E-state index contributed by atoms with van der Waals surface area (Å²) >= 11 is 0. The van der Waals surface area contributed by atoms with Crippen LogP contribution in [0.5, 0.6) is 0 Å². The molecule has 0 saturated heterocycles. The number of rotatable bonds is 51. The first-order valence-electron chi connectivity index (χ1n) is 28.3. The molecule has 0 aliphatic carbocycles. The molecule has 0 amide bonds. The summed E-state index contributed by atoms with van der Waals surface area (Å²) in [6.07, 6.45) is 81.7. The summed E-state index contributed by atoms with van der Waals surface area (Å²) in [5.74, 6) is -0.866. The van der Waals surface area contributed by atoms with Crippen LogP contribution < -0.4 is 5.73 Å². The molecule has 0 aromatic rings. The quantitative estimate of drug-likeness (QED) is 0.0264. The van der Waals surface area contributed by atoms with E-state index in [-0.39, 0.29) is 32.6 Å². The molecule has 0 rings (SSSR count). The Hall–Kier alpha value is -4.11. The van der Waals surface area contributed by atoms with Crippen LogP contribution in [0.15, 0.2) is 146 Å². The smallest absolute Gasteiger partial charge is 0.462 e. The Morgan fingerprint density at radius 3 is 1.05 bits per heavy atom. The Labute approximate surface area is 446 Å². The lowest BCUT2D eigenvalue weighted by molar-refractivity contribution is -0.161. The predicted octanol–water partition coefficient (Wildman–Crippen LogP) is 18.0. The number of ether oxygens (including phenoxy) is 2. The standard InChI is InChI=1S/C63H102NO8P/c1-3-5-7-9-11-13-15-17-19-21-23-25-26-27-28-29-30-31-32-33-34-36-38-40-42-44-46-48-50-52-54-56-63(66)72-61(60-71-73(67,68)70-58-57-64)59-69-62(65)55-53-51-49-47-45-43-41-39-37-35-24-22-20-18-16-14-12-10-8-6-4-2/h5-8,11-14,17-20,23-25,27-28,30-31,33-35,38,40,61H,3-4,9-10,15-16,21-22,26,29,32,36-37,39,41-60,64H2,1-2H3,(H,67,68)/b7-5-,8-6-,13-11-,14-12-,19-17-,20-18-,25-23-,28-27-,31-30-,34-33-,35-24-,40-38-. The summed E-state index contributed by atoms with van der Waals surface area (Å²) in [4.78, 5) is 35.2. The monoisotopic (exact) mass is 1030 g/mol. The van der Waals surface area contributed by atoms with E-state index in [0.29, 0.717) is 12.8 Å². The van der Waals surface area contributed by atoms with Gasteiger partial charge >= 0.3 is 19.8 Å². The summed E-state index contributed by atoms with van der Waals surface area (Å²) in [5.41, 5.74) is 5.38. The van der Waals surface area contributed by atoms with Gasteiger partial charge in [-0.05, 0) is 116 Å². The van der Waals surface area contributed by atoms with Gasteiger partial charge in [0.15, 0.2) is 6.10 Å². The van der Waals surface area contributed by atoms with Crippen molar-refractivity contribution in [1.82, 2.24) is 0 Å². The molecule has 0 spiro atoms. The van der Waals surface area contributed by atoms with Crippen LogP contribution in [0.25, 0.3) is 0 Å². The van der Waals surface area contributed by atoms with Gasteiger partial charge in [0, 0.05) is 19.4 Å². The van der Waals surface area contributed by atoms with Crippen LogP contribution in [0.3, 0.4) is 0 Å².